The summed E-state index contributed by atoms with van der Waals surface area (Å²) in [7, 11) is 4.68. The Bertz CT molecular complexity index is 982. The van der Waals surface area contributed by atoms with Crippen LogP contribution in [-0.2, 0) is 11.3 Å². The highest BCUT2D eigenvalue weighted by molar-refractivity contribution is 14.1. The zero-order valence-electron chi connectivity index (χ0n) is 17.2. The molecular weight excluding hydrogens is 499 g/mol. The van der Waals surface area contributed by atoms with Crippen molar-refractivity contribution in [2.24, 2.45) is 0 Å². The van der Waals surface area contributed by atoms with Crippen LogP contribution in [0.3, 0.4) is 0 Å². The van der Waals surface area contributed by atoms with Crippen molar-refractivity contribution in [2.45, 2.75) is 13.5 Å². The van der Waals surface area contributed by atoms with E-state index in [1.807, 2.05) is 19.1 Å². The average molecular weight is 522 g/mol. The Labute approximate surface area is 189 Å². The van der Waals surface area contributed by atoms with Crippen molar-refractivity contribution in [3.05, 3.63) is 50.6 Å². The second-order valence-corrected chi connectivity index (χ2v) is 7.16. The van der Waals surface area contributed by atoms with Gasteiger partial charge in [0.25, 0.3) is 5.91 Å². The van der Waals surface area contributed by atoms with Crippen molar-refractivity contribution in [1.29, 1.82) is 5.26 Å². The van der Waals surface area contributed by atoms with Crippen LogP contribution >= 0.6 is 22.6 Å². The lowest BCUT2D eigenvalue weighted by Crippen LogP contribution is -2.24. The lowest BCUT2D eigenvalue weighted by Gasteiger charge is -2.13. The third-order valence-electron chi connectivity index (χ3n) is 4.15. The zero-order valence-corrected chi connectivity index (χ0v) is 19.4. The molecule has 1 amide bonds. The summed E-state index contributed by atoms with van der Waals surface area (Å²) < 4.78 is 22.3. The van der Waals surface area contributed by atoms with Crippen molar-refractivity contribution in [3.8, 4) is 29.1 Å². The molecule has 2 aromatic rings. The topological polar surface area (TPSA) is 89.8 Å². The number of nitrogens with one attached hydrogen (secondary N) is 1. The number of carbonyl (C=O) groups is 1. The number of carbonyl (C=O) groups excluding carboxylic acids is 1. The molecule has 0 unspecified atom stereocenters. The van der Waals surface area contributed by atoms with Gasteiger partial charge < -0.3 is 24.3 Å². The molecule has 2 rings (SSSR count). The summed E-state index contributed by atoms with van der Waals surface area (Å²) in [6.07, 6.45) is 1.52. The molecule has 30 heavy (non-hydrogen) atoms. The van der Waals surface area contributed by atoms with Crippen LogP contribution in [-0.4, -0.2) is 33.8 Å². The van der Waals surface area contributed by atoms with Gasteiger partial charge in [0.2, 0.25) is 0 Å². The molecule has 1 N–H and O–H groups in total. The Balaban J connectivity index is 2.23. The molecule has 0 saturated carbocycles. The monoisotopic (exact) mass is 522 g/mol. The van der Waals surface area contributed by atoms with Gasteiger partial charge in [-0.05, 0) is 65.4 Å². The Hall–Kier alpha value is -2.93. The van der Waals surface area contributed by atoms with Crippen LogP contribution in [0.15, 0.2) is 35.9 Å². The first-order valence-corrected chi connectivity index (χ1v) is 10.2. The second-order valence-electron chi connectivity index (χ2n) is 6.00. The van der Waals surface area contributed by atoms with Gasteiger partial charge in [-0.1, -0.05) is 0 Å². The van der Waals surface area contributed by atoms with Crippen molar-refractivity contribution >= 4 is 34.6 Å². The summed E-state index contributed by atoms with van der Waals surface area (Å²) in [6.45, 7) is 2.54. The SMILES string of the molecule is CCOc1cc(/C=C(\C#N)C(=O)NCc2ccc(OC)cc2OC)cc(I)c1OC. The molecular formula is C22H23IN2O5. The van der Waals surface area contributed by atoms with E-state index in [0.29, 0.717) is 35.2 Å². The highest BCUT2D eigenvalue weighted by Gasteiger charge is 2.14. The number of hydrogen-bond donors (Lipinski definition) is 1. The first kappa shape index (κ1) is 23.3. The molecule has 0 fully saturated rings. The maximum absolute atomic E-state index is 12.6. The van der Waals surface area contributed by atoms with E-state index < -0.39 is 5.91 Å². The third kappa shape index (κ3) is 5.79. The number of nitriles is 1. The number of benzene rings is 2. The van der Waals surface area contributed by atoms with Crippen LogP contribution in [0.2, 0.25) is 0 Å². The molecule has 0 bridgehead atoms. The van der Waals surface area contributed by atoms with Crippen LogP contribution in [0.1, 0.15) is 18.1 Å². The highest BCUT2D eigenvalue weighted by Crippen LogP contribution is 2.34. The van der Waals surface area contributed by atoms with Gasteiger partial charge in [0.1, 0.15) is 23.1 Å². The number of halogens is 1. The van der Waals surface area contributed by atoms with E-state index >= 15 is 0 Å². The van der Waals surface area contributed by atoms with Crippen molar-refractivity contribution in [3.63, 3.8) is 0 Å². The van der Waals surface area contributed by atoms with Crippen LogP contribution in [0.4, 0.5) is 0 Å². The number of amides is 1. The molecule has 0 radical (unpaired) electrons. The van der Waals surface area contributed by atoms with E-state index in [-0.39, 0.29) is 12.1 Å². The fourth-order valence-corrected chi connectivity index (χ4v) is 3.56. The van der Waals surface area contributed by atoms with E-state index in [9.17, 15) is 10.1 Å². The van der Waals surface area contributed by atoms with Crippen LogP contribution < -0.4 is 24.3 Å². The summed E-state index contributed by atoms with van der Waals surface area (Å²) in [5, 5.41) is 12.2. The van der Waals surface area contributed by atoms with Gasteiger partial charge in [-0.3, -0.25) is 4.79 Å². The van der Waals surface area contributed by atoms with Gasteiger partial charge in [-0.15, -0.1) is 0 Å². The Morgan fingerprint density at radius 2 is 1.90 bits per heavy atom. The molecule has 0 aliphatic rings. The summed E-state index contributed by atoms with van der Waals surface area (Å²) >= 11 is 2.12. The van der Waals surface area contributed by atoms with E-state index in [0.717, 1.165) is 9.13 Å². The van der Waals surface area contributed by atoms with Crippen molar-refractivity contribution in [2.75, 3.05) is 27.9 Å². The number of rotatable bonds is 9. The molecule has 0 spiro atoms. The Morgan fingerprint density at radius 1 is 1.13 bits per heavy atom. The number of hydrogen-bond acceptors (Lipinski definition) is 6. The number of ether oxygens (including phenoxy) is 4. The van der Waals surface area contributed by atoms with Gasteiger partial charge in [0.15, 0.2) is 11.5 Å². The molecule has 0 aliphatic heterocycles. The van der Waals surface area contributed by atoms with Crippen LogP contribution in [0, 0.1) is 14.9 Å². The van der Waals surface area contributed by atoms with Crippen molar-refractivity contribution in [1.82, 2.24) is 5.32 Å². The standard InChI is InChI=1S/C22H23IN2O5/c1-5-30-20-10-14(9-18(23)21(20)29-4)8-16(12-24)22(26)25-13-15-6-7-17(27-2)11-19(15)28-3/h6-11H,5,13H2,1-4H3,(H,25,26)/b16-8+. The molecule has 0 saturated heterocycles. The molecule has 7 nitrogen and oxygen atoms in total. The fraction of sp³-hybridized carbons (Fsp3) is 0.273. The van der Waals surface area contributed by atoms with E-state index in [1.54, 1.807) is 45.6 Å². The Morgan fingerprint density at radius 3 is 2.50 bits per heavy atom. The van der Waals surface area contributed by atoms with E-state index in [1.165, 1.54) is 6.08 Å². The summed E-state index contributed by atoms with van der Waals surface area (Å²) in [6, 6.07) is 10.8. The number of methoxy groups -OCH3 is 3. The zero-order chi connectivity index (χ0) is 22.1. The highest BCUT2D eigenvalue weighted by atomic mass is 127. The smallest absolute Gasteiger partial charge is 0.262 e. The summed E-state index contributed by atoms with van der Waals surface area (Å²) in [4.78, 5) is 12.6. The first-order valence-electron chi connectivity index (χ1n) is 9.08. The van der Waals surface area contributed by atoms with Gasteiger partial charge in [0, 0.05) is 18.2 Å². The first-order chi connectivity index (χ1) is 14.5. The Kier molecular flexibility index (Phi) is 8.80. The minimum absolute atomic E-state index is 0.0223. The predicted octanol–water partition coefficient (Wildman–Crippen LogP) is 3.94. The van der Waals surface area contributed by atoms with Gasteiger partial charge in [-0.25, -0.2) is 0 Å². The van der Waals surface area contributed by atoms with Gasteiger partial charge in [0.05, 0.1) is 31.5 Å². The molecule has 0 heterocycles. The molecule has 2 aromatic carbocycles. The summed E-state index contributed by atoms with van der Waals surface area (Å²) in [5.74, 6) is 1.92. The average Bonchev–Trinajstić information content (AvgIpc) is 2.75. The van der Waals surface area contributed by atoms with E-state index in [2.05, 4.69) is 27.9 Å². The molecule has 158 valence electrons. The number of nitrogens with zero attached hydrogens (tertiary/aromatic N) is 1. The largest absolute Gasteiger partial charge is 0.497 e. The second kappa shape index (κ2) is 11.3. The minimum atomic E-state index is -0.487. The lowest BCUT2D eigenvalue weighted by molar-refractivity contribution is -0.117. The lowest BCUT2D eigenvalue weighted by atomic mass is 10.1. The van der Waals surface area contributed by atoms with Crippen LogP contribution in [0.5, 0.6) is 23.0 Å². The maximum Gasteiger partial charge on any atom is 0.262 e. The molecule has 8 heteroatoms. The molecule has 0 aromatic heterocycles. The van der Waals surface area contributed by atoms with E-state index in [4.69, 9.17) is 18.9 Å². The maximum atomic E-state index is 12.6. The fourth-order valence-electron chi connectivity index (χ4n) is 2.72. The van der Waals surface area contributed by atoms with Gasteiger partial charge >= 0.3 is 0 Å². The summed E-state index contributed by atoms with van der Waals surface area (Å²) in [5.41, 5.74) is 1.41. The minimum Gasteiger partial charge on any atom is -0.497 e. The van der Waals surface area contributed by atoms with Gasteiger partial charge in [-0.2, -0.15) is 5.26 Å². The van der Waals surface area contributed by atoms with Crippen LogP contribution in [0.25, 0.3) is 6.08 Å². The molecule has 0 atom stereocenters. The van der Waals surface area contributed by atoms with Crippen molar-refractivity contribution < 1.29 is 23.7 Å². The molecule has 0 aliphatic carbocycles. The normalized spacial score (nSPS) is 10.7. The third-order valence-corrected chi connectivity index (χ3v) is 4.95. The quantitative estimate of drug-likeness (QED) is 0.305. The predicted molar refractivity (Wildman–Crippen MR) is 122 cm³/mol.